The van der Waals surface area contributed by atoms with Gasteiger partial charge in [0.2, 0.25) is 0 Å². The lowest BCUT2D eigenvalue weighted by Crippen LogP contribution is -2.23. The molecule has 0 radical (unpaired) electrons. The molecule has 106 valence electrons. The smallest absolute Gasteiger partial charge is 0.0901 e. The largest absolute Gasteiger partial charge is 0.382 e. The summed E-state index contributed by atoms with van der Waals surface area (Å²) < 4.78 is 0. The molecule has 0 amide bonds. The van der Waals surface area contributed by atoms with Crippen molar-refractivity contribution in [3.8, 4) is 11.3 Å². The summed E-state index contributed by atoms with van der Waals surface area (Å²) in [5.74, 6) is 0.843. The van der Waals surface area contributed by atoms with Gasteiger partial charge in [-0.3, -0.25) is 0 Å². The molecule has 1 aliphatic rings. The third-order valence-corrected chi connectivity index (χ3v) is 5.11. The van der Waals surface area contributed by atoms with Crippen LogP contribution in [-0.4, -0.2) is 11.0 Å². The van der Waals surface area contributed by atoms with Crippen LogP contribution in [0.3, 0.4) is 0 Å². The summed E-state index contributed by atoms with van der Waals surface area (Å²) in [7, 11) is 0. The predicted molar refractivity (Wildman–Crippen MR) is 87.3 cm³/mol. The molecule has 2 atom stereocenters. The number of aryl methyl sites for hydroxylation is 1. The summed E-state index contributed by atoms with van der Waals surface area (Å²) in [6, 6.07) is 9.39. The molecule has 1 fully saturated rings. The Hall–Kier alpha value is -1.35. The van der Waals surface area contributed by atoms with Crippen molar-refractivity contribution in [3.05, 3.63) is 34.7 Å². The number of hydrogen-bond donors (Lipinski definition) is 1. The number of rotatable bonds is 4. The van der Waals surface area contributed by atoms with Gasteiger partial charge >= 0.3 is 0 Å². The zero-order valence-corrected chi connectivity index (χ0v) is 13.0. The molecule has 1 N–H and O–H groups in total. The van der Waals surface area contributed by atoms with Crippen LogP contribution in [0.5, 0.6) is 0 Å². The predicted octanol–water partition coefficient (Wildman–Crippen LogP) is 5.11. The fourth-order valence-corrected chi connectivity index (χ4v) is 3.78. The lowest BCUT2D eigenvalue weighted by atomic mass is 10.0. The summed E-state index contributed by atoms with van der Waals surface area (Å²) in [5.41, 5.74) is 3.54. The summed E-state index contributed by atoms with van der Waals surface area (Å²) in [6.07, 6.45) is 5.34. The molecule has 20 heavy (non-hydrogen) atoms. The Balaban J connectivity index is 1.70. The second kappa shape index (κ2) is 5.96. The maximum atomic E-state index is 4.54. The number of nitrogens with zero attached hydrogens (tertiary/aromatic N) is 1. The maximum Gasteiger partial charge on any atom is 0.0901 e. The van der Waals surface area contributed by atoms with Crippen molar-refractivity contribution in [1.29, 1.82) is 0 Å². The van der Waals surface area contributed by atoms with E-state index in [9.17, 15) is 0 Å². The van der Waals surface area contributed by atoms with Gasteiger partial charge in [0.1, 0.15) is 0 Å². The van der Waals surface area contributed by atoms with Gasteiger partial charge in [0.05, 0.1) is 10.7 Å². The molecule has 3 heteroatoms. The summed E-state index contributed by atoms with van der Waals surface area (Å²) in [5, 5.41) is 6.96. The highest BCUT2D eigenvalue weighted by Crippen LogP contribution is 2.31. The normalized spacial score (nSPS) is 22.1. The van der Waals surface area contributed by atoms with Crippen molar-refractivity contribution >= 4 is 17.0 Å². The van der Waals surface area contributed by atoms with Crippen molar-refractivity contribution in [2.24, 2.45) is 5.92 Å². The number of thiazole rings is 1. The second-order valence-electron chi connectivity index (χ2n) is 5.68. The van der Waals surface area contributed by atoms with E-state index in [4.69, 9.17) is 0 Å². The molecule has 2 unspecified atom stereocenters. The van der Waals surface area contributed by atoms with Gasteiger partial charge in [-0.1, -0.05) is 31.9 Å². The topological polar surface area (TPSA) is 24.9 Å². The molecular formula is C17H22N2S. The van der Waals surface area contributed by atoms with Gasteiger partial charge in [0.15, 0.2) is 0 Å². The molecule has 1 saturated carbocycles. The van der Waals surface area contributed by atoms with Gasteiger partial charge in [-0.05, 0) is 37.8 Å². The zero-order chi connectivity index (χ0) is 13.9. The third kappa shape index (κ3) is 2.88. The number of nitrogens with one attached hydrogen (secondary N) is 1. The highest BCUT2D eigenvalue weighted by atomic mass is 32.1. The van der Waals surface area contributed by atoms with E-state index >= 15 is 0 Å². The van der Waals surface area contributed by atoms with Crippen molar-refractivity contribution < 1.29 is 0 Å². The molecule has 2 nitrogen and oxygen atoms in total. The van der Waals surface area contributed by atoms with Crippen LogP contribution in [0.15, 0.2) is 29.6 Å². The van der Waals surface area contributed by atoms with E-state index in [0.29, 0.717) is 6.04 Å². The first-order valence-electron chi connectivity index (χ1n) is 7.55. The Bertz CT molecular complexity index is 559. The average molecular weight is 286 g/mol. The van der Waals surface area contributed by atoms with E-state index in [0.717, 1.165) is 16.6 Å². The number of anilines is 1. The van der Waals surface area contributed by atoms with E-state index in [1.54, 1.807) is 11.3 Å². The number of aromatic nitrogens is 1. The van der Waals surface area contributed by atoms with Crippen LogP contribution in [0.1, 0.15) is 37.6 Å². The van der Waals surface area contributed by atoms with Gasteiger partial charge in [-0.2, -0.15) is 0 Å². The first-order chi connectivity index (χ1) is 9.76. The molecule has 1 aromatic carbocycles. The van der Waals surface area contributed by atoms with Crippen molar-refractivity contribution in [2.75, 3.05) is 5.32 Å². The minimum absolute atomic E-state index is 0.660. The third-order valence-electron chi connectivity index (χ3n) is 4.34. The van der Waals surface area contributed by atoms with Crippen molar-refractivity contribution in [1.82, 2.24) is 4.98 Å². The summed E-state index contributed by atoms with van der Waals surface area (Å²) in [6.45, 7) is 4.35. The first kappa shape index (κ1) is 13.6. The molecule has 1 aliphatic carbocycles. The number of hydrogen-bond acceptors (Lipinski definition) is 3. The van der Waals surface area contributed by atoms with Gasteiger partial charge in [0.25, 0.3) is 0 Å². The number of benzene rings is 1. The molecule has 0 spiro atoms. The highest BCUT2D eigenvalue weighted by molar-refractivity contribution is 7.09. The molecule has 0 bridgehead atoms. The standard InChI is InChI=1S/C17H22N2S/c1-3-13-5-4-6-16(13)19-15-9-7-14(8-10-15)17-11-20-12(2)18-17/h7-11,13,16,19H,3-6H2,1-2H3. The minimum atomic E-state index is 0.660. The van der Waals surface area contributed by atoms with Gasteiger partial charge < -0.3 is 5.32 Å². The summed E-state index contributed by atoms with van der Waals surface area (Å²) >= 11 is 1.71. The van der Waals surface area contributed by atoms with Gasteiger partial charge in [0, 0.05) is 22.7 Å². The molecule has 0 saturated heterocycles. The molecular weight excluding hydrogens is 264 g/mol. The van der Waals surface area contributed by atoms with Crippen LogP contribution in [0.2, 0.25) is 0 Å². The van der Waals surface area contributed by atoms with Crippen LogP contribution < -0.4 is 5.32 Å². The highest BCUT2D eigenvalue weighted by Gasteiger charge is 2.25. The fourth-order valence-electron chi connectivity index (χ4n) is 3.16. The maximum absolute atomic E-state index is 4.54. The van der Waals surface area contributed by atoms with E-state index in [1.165, 1.54) is 36.9 Å². The lowest BCUT2D eigenvalue weighted by Gasteiger charge is -2.20. The van der Waals surface area contributed by atoms with E-state index in [-0.39, 0.29) is 0 Å². The second-order valence-corrected chi connectivity index (χ2v) is 6.74. The lowest BCUT2D eigenvalue weighted by molar-refractivity contribution is 0.489. The minimum Gasteiger partial charge on any atom is -0.382 e. The monoisotopic (exact) mass is 286 g/mol. The van der Waals surface area contributed by atoms with Crippen LogP contribution in [-0.2, 0) is 0 Å². The molecule has 1 heterocycles. The summed E-state index contributed by atoms with van der Waals surface area (Å²) in [4.78, 5) is 4.54. The molecule has 0 aliphatic heterocycles. The molecule has 3 rings (SSSR count). The Labute approximate surface area is 125 Å². The molecule has 1 aromatic heterocycles. The van der Waals surface area contributed by atoms with Crippen molar-refractivity contribution in [3.63, 3.8) is 0 Å². The van der Waals surface area contributed by atoms with Crippen molar-refractivity contribution in [2.45, 2.75) is 45.6 Å². The Morgan fingerprint density at radius 2 is 2.05 bits per heavy atom. The average Bonchev–Trinajstić information content (AvgIpc) is 3.08. The molecule has 2 aromatic rings. The SMILES string of the molecule is CCC1CCCC1Nc1ccc(-c2csc(C)n2)cc1. The van der Waals surface area contributed by atoms with Gasteiger partial charge in [-0.25, -0.2) is 4.98 Å². The quantitative estimate of drug-likeness (QED) is 0.845. The first-order valence-corrected chi connectivity index (χ1v) is 8.43. The Morgan fingerprint density at radius 1 is 1.25 bits per heavy atom. The Kier molecular flexibility index (Phi) is 4.06. The van der Waals surface area contributed by atoms with E-state index in [2.05, 4.69) is 53.8 Å². The van der Waals surface area contributed by atoms with E-state index < -0.39 is 0 Å². The van der Waals surface area contributed by atoms with Crippen LogP contribution in [0.25, 0.3) is 11.3 Å². The van der Waals surface area contributed by atoms with Crippen LogP contribution in [0.4, 0.5) is 5.69 Å². The zero-order valence-electron chi connectivity index (χ0n) is 12.2. The van der Waals surface area contributed by atoms with E-state index in [1.807, 2.05) is 0 Å². The van der Waals surface area contributed by atoms with Crippen LogP contribution in [0, 0.1) is 12.8 Å². The fraction of sp³-hybridized carbons (Fsp3) is 0.471. The van der Waals surface area contributed by atoms with Gasteiger partial charge in [-0.15, -0.1) is 11.3 Å². The Morgan fingerprint density at radius 3 is 2.70 bits per heavy atom. The van der Waals surface area contributed by atoms with Crippen LogP contribution >= 0.6 is 11.3 Å².